The molecule has 2 aromatic carbocycles. The van der Waals surface area contributed by atoms with Crippen molar-refractivity contribution in [2.75, 3.05) is 5.75 Å². The van der Waals surface area contributed by atoms with Crippen LogP contribution in [0.25, 0.3) is 0 Å². The Morgan fingerprint density at radius 3 is 2.12 bits per heavy atom. The highest BCUT2D eigenvalue weighted by Gasteiger charge is 2.18. The Balaban J connectivity index is 0.000000198. The van der Waals surface area contributed by atoms with E-state index >= 15 is 0 Å². The third-order valence-electron chi connectivity index (χ3n) is 3.43. The summed E-state index contributed by atoms with van der Waals surface area (Å²) in [5.74, 6) is 1.19. The summed E-state index contributed by atoms with van der Waals surface area (Å²) in [6.07, 6.45) is 2.42. The molecule has 1 unspecified atom stereocenters. The van der Waals surface area contributed by atoms with E-state index in [4.69, 9.17) is 10.7 Å². The largest absolute Gasteiger partial charge is 0.269 e. The maximum atomic E-state index is 11.0. The molecule has 0 bridgehead atoms. The lowest BCUT2D eigenvalue weighted by Gasteiger charge is -2.08. The minimum absolute atomic E-state index is 0.137. The highest BCUT2D eigenvalue weighted by molar-refractivity contribution is 8.13. The normalized spacial score (nSPS) is 17.0. The topological polar surface area (TPSA) is 77.3 Å². The Bertz CT molecular complexity index is 773. The number of rotatable bonds is 3. The smallest absolute Gasteiger partial charge is 0.258 e. The van der Waals surface area contributed by atoms with Crippen molar-refractivity contribution in [3.8, 4) is 0 Å². The summed E-state index contributed by atoms with van der Waals surface area (Å²) in [5, 5.41) is 10.5. The van der Waals surface area contributed by atoms with Crippen LogP contribution in [0.15, 0.2) is 59.5 Å². The number of hydrogen-bond donors (Lipinski definition) is 0. The summed E-state index contributed by atoms with van der Waals surface area (Å²) < 4.78 is 22.1. The van der Waals surface area contributed by atoms with Gasteiger partial charge in [-0.1, -0.05) is 30.3 Å². The Labute approximate surface area is 149 Å². The second-order valence-electron chi connectivity index (χ2n) is 5.10. The number of para-hydroxylation sites is 1. The SMILES string of the molecule is O=S(=O)(Cl)c1ccc(C2CCCS2)cc1.O=[N+]([O-])c1ccccc1. The van der Waals surface area contributed by atoms with Crippen LogP contribution in [-0.2, 0) is 9.05 Å². The van der Waals surface area contributed by atoms with Crippen molar-refractivity contribution < 1.29 is 13.3 Å². The van der Waals surface area contributed by atoms with Crippen molar-refractivity contribution in [3.05, 3.63) is 70.3 Å². The lowest BCUT2D eigenvalue weighted by molar-refractivity contribution is -0.384. The first-order chi connectivity index (χ1) is 11.4. The van der Waals surface area contributed by atoms with E-state index < -0.39 is 14.0 Å². The number of non-ortho nitro benzene ring substituents is 1. The number of thioether (sulfide) groups is 1. The number of hydrogen-bond acceptors (Lipinski definition) is 5. The van der Waals surface area contributed by atoms with Crippen LogP contribution < -0.4 is 0 Å². The van der Waals surface area contributed by atoms with E-state index in [2.05, 4.69) is 0 Å². The van der Waals surface area contributed by atoms with Gasteiger partial charge < -0.3 is 0 Å². The molecule has 1 aliphatic rings. The highest BCUT2D eigenvalue weighted by Crippen LogP contribution is 2.39. The van der Waals surface area contributed by atoms with Gasteiger partial charge in [-0.3, -0.25) is 10.1 Å². The van der Waals surface area contributed by atoms with Gasteiger partial charge in [-0.2, -0.15) is 11.8 Å². The standard InChI is InChI=1S/C10H11ClO2S2.C6H5NO2/c11-15(12,13)9-5-3-8(4-6-9)10-2-1-7-14-10;8-7(9)6-4-2-1-3-5-6/h3-6,10H,1-2,7H2;1-5H. The van der Waals surface area contributed by atoms with E-state index in [-0.39, 0.29) is 10.6 Å². The van der Waals surface area contributed by atoms with Gasteiger partial charge in [0.05, 0.1) is 9.82 Å². The quantitative estimate of drug-likeness (QED) is 0.431. The van der Waals surface area contributed by atoms with Gasteiger partial charge in [0.25, 0.3) is 14.7 Å². The van der Waals surface area contributed by atoms with Crippen LogP contribution in [0, 0.1) is 10.1 Å². The summed E-state index contributed by atoms with van der Waals surface area (Å²) in [4.78, 5) is 9.77. The number of halogens is 1. The summed E-state index contributed by atoms with van der Waals surface area (Å²) >= 11 is 1.93. The Morgan fingerprint density at radius 2 is 1.71 bits per heavy atom. The summed E-state index contributed by atoms with van der Waals surface area (Å²) in [5.41, 5.74) is 1.33. The molecule has 0 N–H and O–H groups in total. The zero-order valence-electron chi connectivity index (χ0n) is 12.7. The van der Waals surface area contributed by atoms with Gasteiger partial charge in [0.1, 0.15) is 0 Å². The second-order valence-corrected chi connectivity index (χ2v) is 8.98. The molecule has 0 saturated carbocycles. The molecule has 0 aliphatic carbocycles. The molecule has 128 valence electrons. The third-order valence-corrected chi connectivity index (χ3v) is 6.23. The van der Waals surface area contributed by atoms with E-state index in [1.807, 2.05) is 23.9 Å². The molecule has 8 heteroatoms. The maximum absolute atomic E-state index is 11.0. The van der Waals surface area contributed by atoms with Crippen molar-refractivity contribution in [3.63, 3.8) is 0 Å². The average Bonchev–Trinajstić information content (AvgIpc) is 3.10. The molecule has 0 spiro atoms. The summed E-state index contributed by atoms with van der Waals surface area (Å²) in [6, 6.07) is 14.8. The predicted molar refractivity (Wildman–Crippen MR) is 97.0 cm³/mol. The minimum atomic E-state index is -3.58. The molecule has 1 heterocycles. The molecule has 0 aromatic heterocycles. The van der Waals surface area contributed by atoms with Crippen molar-refractivity contribution in [2.45, 2.75) is 23.0 Å². The Morgan fingerprint density at radius 1 is 1.08 bits per heavy atom. The fourth-order valence-electron chi connectivity index (χ4n) is 2.24. The fourth-order valence-corrected chi connectivity index (χ4v) is 4.31. The van der Waals surface area contributed by atoms with Gasteiger partial charge in [0.15, 0.2) is 0 Å². The molecule has 0 amide bonds. The Hall–Kier alpha value is -1.57. The molecular formula is C16H16ClNO4S2. The van der Waals surface area contributed by atoms with E-state index in [1.54, 1.807) is 30.3 Å². The number of nitro benzene ring substituents is 1. The predicted octanol–water partition coefficient (Wildman–Crippen LogP) is 4.78. The number of nitro groups is 1. The molecule has 5 nitrogen and oxygen atoms in total. The van der Waals surface area contributed by atoms with Gasteiger partial charge in [0, 0.05) is 28.1 Å². The first-order valence-electron chi connectivity index (χ1n) is 7.23. The number of benzene rings is 2. The van der Waals surface area contributed by atoms with Gasteiger partial charge in [0.2, 0.25) is 0 Å². The van der Waals surface area contributed by atoms with Crippen LogP contribution in [0.1, 0.15) is 23.7 Å². The van der Waals surface area contributed by atoms with Crippen molar-refractivity contribution in [2.24, 2.45) is 0 Å². The summed E-state index contributed by atoms with van der Waals surface area (Å²) in [6.45, 7) is 0. The third kappa shape index (κ3) is 5.51. The highest BCUT2D eigenvalue weighted by atomic mass is 35.7. The van der Waals surface area contributed by atoms with Gasteiger partial charge >= 0.3 is 0 Å². The first-order valence-corrected chi connectivity index (χ1v) is 10.6. The average molecular weight is 386 g/mol. The van der Waals surface area contributed by atoms with E-state index in [0.29, 0.717) is 5.25 Å². The summed E-state index contributed by atoms with van der Waals surface area (Å²) in [7, 11) is 1.66. The zero-order chi connectivity index (χ0) is 17.6. The van der Waals surface area contributed by atoms with Crippen LogP contribution in [0.5, 0.6) is 0 Å². The molecule has 1 fully saturated rings. The molecular weight excluding hydrogens is 370 g/mol. The zero-order valence-corrected chi connectivity index (χ0v) is 15.1. The molecule has 1 atom stereocenters. The lowest BCUT2D eigenvalue weighted by Crippen LogP contribution is -1.93. The van der Waals surface area contributed by atoms with E-state index in [0.717, 1.165) is 0 Å². The number of nitrogens with zero attached hydrogens (tertiary/aromatic N) is 1. The fraction of sp³-hybridized carbons (Fsp3) is 0.250. The van der Waals surface area contributed by atoms with Gasteiger partial charge in [-0.05, 0) is 36.3 Å². The molecule has 2 aromatic rings. The lowest BCUT2D eigenvalue weighted by atomic mass is 10.1. The molecule has 0 radical (unpaired) electrons. The van der Waals surface area contributed by atoms with Crippen molar-refractivity contribution >= 4 is 37.2 Å². The van der Waals surface area contributed by atoms with Crippen LogP contribution in [0.2, 0.25) is 0 Å². The Kier molecular flexibility index (Phi) is 6.65. The first kappa shape index (κ1) is 18.8. The van der Waals surface area contributed by atoms with Crippen LogP contribution >= 0.6 is 22.4 Å². The van der Waals surface area contributed by atoms with Crippen LogP contribution in [0.4, 0.5) is 5.69 Å². The van der Waals surface area contributed by atoms with Crippen LogP contribution in [-0.4, -0.2) is 19.1 Å². The maximum Gasteiger partial charge on any atom is 0.269 e. The van der Waals surface area contributed by atoms with Crippen molar-refractivity contribution in [1.82, 2.24) is 0 Å². The minimum Gasteiger partial charge on any atom is -0.258 e. The molecule has 24 heavy (non-hydrogen) atoms. The monoisotopic (exact) mass is 385 g/mol. The van der Waals surface area contributed by atoms with E-state index in [9.17, 15) is 18.5 Å². The van der Waals surface area contributed by atoms with Gasteiger partial charge in [-0.25, -0.2) is 8.42 Å². The molecule has 1 saturated heterocycles. The van der Waals surface area contributed by atoms with Gasteiger partial charge in [-0.15, -0.1) is 0 Å². The van der Waals surface area contributed by atoms with Crippen LogP contribution in [0.3, 0.4) is 0 Å². The molecule has 1 aliphatic heterocycles. The van der Waals surface area contributed by atoms with E-state index in [1.165, 1.54) is 36.3 Å². The molecule has 3 rings (SSSR count). The second kappa shape index (κ2) is 8.50. The van der Waals surface area contributed by atoms with Crippen molar-refractivity contribution in [1.29, 1.82) is 0 Å².